The van der Waals surface area contributed by atoms with E-state index >= 15 is 0 Å². The fourth-order valence-electron chi connectivity index (χ4n) is 1.24. The Labute approximate surface area is 94.6 Å². The van der Waals surface area contributed by atoms with Gasteiger partial charge in [0.2, 0.25) is 0 Å². The Kier molecular flexibility index (Phi) is 3.78. The number of hydrogen-bond donors (Lipinski definition) is 0. The minimum atomic E-state index is -1.98. The van der Waals surface area contributed by atoms with E-state index in [0.29, 0.717) is 0 Å². The van der Waals surface area contributed by atoms with E-state index in [2.05, 4.69) is 0 Å². The third kappa shape index (κ3) is 3.12. The van der Waals surface area contributed by atoms with Gasteiger partial charge in [-0.05, 0) is 25.7 Å². The Balaban J connectivity index is 3.06. The van der Waals surface area contributed by atoms with E-state index in [0.717, 1.165) is 6.07 Å². The van der Waals surface area contributed by atoms with E-state index < -0.39 is 26.1 Å². The number of rotatable bonds is 3. The SMILES string of the molecule is C[Si](C)(C)OC(C#N)c1cccc(F)c1F. The third-order valence-electron chi connectivity index (χ3n) is 1.85. The highest BCUT2D eigenvalue weighted by Gasteiger charge is 2.25. The van der Waals surface area contributed by atoms with Crippen LogP contribution in [0.1, 0.15) is 11.7 Å². The topological polar surface area (TPSA) is 33.0 Å². The summed E-state index contributed by atoms with van der Waals surface area (Å²) in [4.78, 5) is 0. The summed E-state index contributed by atoms with van der Waals surface area (Å²) in [5.74, 6) is -1.97. The number of nitrogens with zero attached hydrogens (tertiary/aromatic N) is 1. The number of benzene rings is 1. The van der Waals surface area contributed by atoms with Gasteiger partial charge in [-0.3, -0.25) is 0 Å². The van der Waals surface area contributed by atoms with Crippen LogP contribution in [0.4, 0.5) is 8.78 Å². The van der Waals surface area contributed by atoms with Crippen LogP contribution in [0.3, 0.4) is 0 Å². The van der Waals surface area contributed by atoms with Crippen LogP contribution in [-0.2, 0) is 4.43 Å². The van der Waals surface area contributed by atoms with Gasteiger partial charge < -0.3 is 4.43 Å². The molecule has 0 aromatic heterocycles. The monoisotopic (exact) mass is 241 g/mol. The molecular formula is C11H13F2NOSi. The lowest BCUT2D eigenvalue weighted by molar-refractivity contribution is 0.247. The van der Waals surface area contributed by atoms with Crippen molar-refractivity contribution in [2.24, 2.45) is 0 Å². The first-order valence-electron chi connectivity index (χ1n) is 4.86. The highest BCUT2D eigenvalue weighted by atomic mass is 28.4. The molecule has 16 heavy (non-hydrogen) atoms. The van der Waals surface area contributed by atoms with Crippen LogP contribution >= 0.6 is 0 Å². The maximum absolute atomic E-state index is 13.4. The summed E-state index contributed by atoms with van der Waals surface area (Å²) in [5, 5.41) is 8.92. The standard InChI is InChI=1S/C11H13F2NOSi/c1-16(2,3)15-10(7-14)8-5-4-6-9(12)11(8)13/h4-6,10H,1-3H3. The summed E-state index contributed by atoms with van der Waals surface area (Å²) in [6.07, 6.45) is -1.04. The molecule has 2 nitrogen and oxygen atoms in total. The predicted molar refractivity (Wildman–Crippen MR) is 59.1 cm³/mol. The highest BCUT2D eigenvalue weighted by Crippen LogP contribution is 2.25. The van der Waals surface area contributed by atoms with Crippen molar-refractivity contribution >= 4 is 8.32 Å². The van der Waals surface area contributed by atoms with Gasteiger partial charge in [0.25, 0.3) is 0 Å². The lowest BCUT2D eigenvalue weighted by Gasteiger charge is -2.22. The fraction of sp³-hybridized carbons (Fsp3) is 0.364. The number of halogens is 2. The van der Waals surface area contributed by atoms with Gasteiger partial charge in [-0.15, -0.1) is 0 Å². The molecule has 0 aliphatic carbocycles. The highest BCUT2D eigenvalue weighted by molar-refractivity contribution is 6.69. The van der Waals surface area contributed by atoms with E-state index in [9.17, 15) is 8.78 Å². The second kappa shape index (κ2) is 4.72. The molecule has 86 valence electrons. The molecule has 0 N–H and O–H groups in total. The lowest BCUT2D eigenvalue weighted by atomic mass is 10.1. The van der Waals surface area contributed by atoms with Gasteiger partial charge in [-0.25, -0.2) is 8.78 Å². The van der Waals surface area contributed by atoms with Gasteiger partial charge in [0.15, 0.2) is 26.1 Å². The fourth-order valence-corrected chi connectivity index (χ4v) is 2.12. The van der Waals surface area contributed by atoms with Crippen molar-refractivity contribution in [3.63, 3.8) is 0 Å². The summed E-state index contributed by atoms with van der Waals surface area (Å²) < 4.78 is 31.9. The minimum Gasteiger partial charge on any atom is -0.399 e. The molecule has 5 heteroatoms. The first kappa shape index (κ1) is 12.8. The van der Waals surface area contributed by atoms with E-state index in [1.165, 1.54) is 12.1 Å². The summed E-state index contributed by atoms with van der Waals surface area (Å²) in [5.41, 5.74) is -0.0371. The zero-order valence-corrected chi connectivity index (χ0v) is 10.4. The molecule has 1 rings (SSSR count). The Hall–Kier alpha value is -1.25. The second-order valence-corrected chi connectivity index (χ2v) is 8.84. The quantitative estimate of drug-likeness (QED) is 0.760. The van der Waals surface area contributed by atoms with Crippen LogP contribution in [0.25, 0.3) is 0 Å². The van der Waals surface area contributed by atoms with Gasteiger partial charge in [0.05, 0.1) is 6.07 Å². The van der Waals surface area contributed by atoms with Gasteiger partial charge in [-0.2, -0.15) is 5.26 Å². The molecule has 0 fully saturated rings. The molecule has 0 spiro atoms. The summed E-state index contributed by atoms with van der Waals surface area (Å²) >= 11 is 0. The van der Waals surface area contributed by atoms with Crippen LogP contribution in [0, 0.1) is 23.0 Å². The normalized spacial score (nSPS) is 13.2. The molecule has 0 bridgehead atoms. The average Bonchev–Trinajstić information content (AvgIpc) is 2.18. The van der Waals surface area contributed by atoms with E-state index in [-0.39, 0.29) is 5.56 Å². The molecule has 0 heterocycles. The maximum Gasteiger partial charge on any atom is 0.186 e. The lowest BCUT2D eigenvalue weighted by Crippen LogP contribution is -2.28. The van der Waals surface area contributed by atoms with Crippen LogP contribution in [0.5, 0.6) is 0 Å². The molecular weight excluding hydrogens is 228 g/mol. The summed E-state index contributed by atoms with van der Waals surface area (Å²) in [6.45, 7) is 5.65. The average molecular weight is 241 g/mol. The maximum atomic E-state index is 13.4. The molecule has 1 aromatic carbocycles. The zero-order valence-electron chi connectivity index (χ0n) is 9.42. The van der Waals surface area contributed by atoms with Gasteiger partial charge in [0.1, 0.15) is 0 Å². The Morgan fingerprint density at radius 1 is 1.31 bits per heavy atom. The van der Waals surface area contributed by atoms with Crippen LogP contribution in [-0.4, -0.2) is 8.32 Å². The predicted octanol–water partition coefficient (Wildman–Crippen LogP) is 3.38. The molecule has 0 aliphatic rings. The van der Waals surface area contributed by atoms with Crippen molar-refractivity contribution in [3.8, 4) is 6.07 Å². The van der Waals surface area contributed by atoms with Crippen LogP contribution in [0.2, 0.25) is 19.6 Å². The van der Waals surface area contributed by atoms with Gasteiger partial charge in [-0.1, -0.05) is 12.1 Å². The first-order valence-corrected chi connectivity index (χ1v) is 8.27. The largest absolute Gasteiger partial charge is 0.399 e. The zero-order chi connectivity index (χ0) is 12.3. The van der Waals surface area contributed by atoms with Crippen molar-refractivity contribution in [3.05, 3.63) is 35.4 Å². The summed E-state index contributed by atoms with van der Waals surface area (Å²) in [6, 6.07) is 5.60. The van der Waals surface area contributed by atoms with Gasteiger partial charge >= 0.3 is 0 Å². The van der Waals surface area contributed by atoms with Crippen LogP contribution in [0.15, 0.2) is 18.2 Å². The van der Waals surface area contributed by atoms with E-state index in [1.807, 2.05) is 25.7 Å². The Morgan fingerprint density at radius 3 is 2.44 bits per heavy atom. The molecule has 0 amide bonds. The number of hydrogen-bond acceptors (Lipinski definition) is 2. The minimum absolute atomic E-state index is 0.0371. The van der Waals surface area contributed by atoms with Crippen molar-refractivity contribution in [2.45, 2.75) is 25.7 Å². The molecule has 1 atom stereocenters. The summed E-state index contributed by atoms with van der Waals surface area (Å²) in [7, 11) is -1.98. The van der Waals surface area contributed by atoms with Crippen LogP contribution < -0.4 is 0 Å². The first-order chi connectivity index (χ1) is 7.35. The number of nitriles is 1. The van der Waals surface area contributed by atoms with Crippen molar-refractivity contribution in [1.29, 1.82) is 5.26 Å². The molecule has 1 aromatic rings. The van der Waals surface area contributed by atoms with Crippen molar-refractivity contribution in [2.75, 3.05) is 0 Å². The smallest absolute Gasteiger partial charge is 0.186 e. The van der Waals surface area contributed by atoms with Gasteiger partial charge in [0, 0.05) is 5.56 Å². The second-order valence-electron chi connectivity index (χ2n) is 4.38. The third-order valence-corrected chi connectivity index (χ3v) is 2.80. The molecule has 1 unspecified atom stereocenters. The van der Waals surface area contributed by atoms with E-state index in [1.54, 1.807) is 0 Å². The van der Waals surface area contributed by atoms with Crippen molar-refractivity contribution < 1.29 is 13.2 Å². The Morgan fingerprint density at radius 2 is 1.94 bits per heavy atom. The molecule has 0 saturated carbocycles. The molecule has 0 radical (unpaired) electrons. The molecule has 0 aliphatic heterocycles. The van der Waals surface area contributed by atoms with Crippen molar-refractivity contribution in [1.82, 2.24) is 0 Å². The molecule has 0 saturated heterocycles. The Bertz CT molecular complexity index is 423. The van der Waals surface area contributed by atoms with E-state index in [4.69, 9.17) is 9.69 Å².